The van der Waals surface area contributed by atoms with Gasteiger partial charge in [-0.1, -0.05) is 91.0 Å². The molecule has 0 saturated heterocycles. The lowest BCUT2D eigenvalue weighted by molar-refractivity contribution is 0.163. The molecule has 0 amide bonds. The van der Waals surface area contributed by atoms with Gasteiger partial charge >= 0.3 is 0 Å². The van der Waals surface area contributed by atoms with Crippen LogP contribution in [0.2, 0.25) is 0 Å². The molecule has 5 rings (SSSR count). The maximum absolute atomic E-state index is 6.95. The van der Waals surface area contributed by atoms with Gasteiger partial charge in [0.05, 0.1) is 0 Å². The molecule has 4 aromatic rings. The number of rotatable bonds is 2. The zero-order valence-corrected chi connectivity index (χ0v) is 16.1. The molecular formula is C27H22O. The lowest BCUT2D eigenvalue weighted by Gasteiger charge is -2.37. The highest BCUT2D eigenvalue weighted by Crippen LogP contribution is 2.46. The molecule has 136 valence electrons. The molecule has 0 bridgehead atoms. The lowest BCUT2D eigenvalue weighted by Crippen LogP contribution is -2.34. The van der Waals surface area contributed by atoms with E-state index in [2.05, 4.69) is 98.8 Å². The molecule has 1 heterocycles. The van der Waals surface area contributed by atoms with Crippen LogP contribution < -0.4 is 4.74 Å². The average molecular weight is 362 g/mol. The van der Waals surface area contributed by atoms with Gasteiger partial charge in [0.15, 0.2) is 5.60 Å². The summed E-state index contributed by atoms with van der Waals surface area (Å²) >= 11 is 0. The fourth-order valence-corrected chi connectivity index (χ4v) is 4.28. The van der Waals surface area contributed by atoms with Gasteiger partial charge in [-0.3, -0.25) is 0 Å². The van der Waals surface area contributed by atoms with E-state index in [9.17, 15) is 0 Å². The topological polar surface area (TPSA) is 9.23 Å². The standard InChI is InChI=1S/C27H22O/c1-19-20(2)24-17-18-27(21-11-5-3-6-12-21,22-13-7-4-8-14-22)28-26(24)25-16-10-9-15-23(19)25/h3-18H,1-2H3. The molecule has 0 unspecified atom stereocenters. The molecule has 0 radical (unpaired) electrons. The molecule has 4 aromatic carbocycles. The molecule has 0 aromatic heterocycles. The highest BCUT2D eigenvalue weighted by molar-refractivity contribution is 5.96. The van der Waals surface area contributed by atoms with Crippen LogP contribution in [0.3, 0.4) is 0 Å². The van der Waals surface area contributed by atoms with E-state index in [4.69, 9.17) is 4.74 Å². The summed E-state index contributed by atoms with van der Waals surface area (Å²) in [6.07, 6.45) is 4.45. The quantitative estimate of drug-likeness (QED) is 0.381. The molecule has 1 nitrogen and oxygen atoms in total. The van der Waals surface area contributed by atoms with Gasteiger partial charge in [-0.25, -0.2) is 0 Å². The Morgan fingerprint density at radius 2 is 1.14 bits per heavy atom. The van der Waals surface area contributed by atoms with Gasteiger partial charge in [-0.05, 0) is 36.4 Å². The predicted molar refractivity (Wildman–Crippen MR) is 117 cm³/mol. The third kappa shape index (κ3) is 2.40. The second-order valence-electron chi connectivity index (χ2n) is 7.44. The van der Waals surface area contributed by atoms with Crippen molar-refractivity contribution in [1.29, 1.82) is 0 Å². The second-order valence-corrected chi connectivity index (χ2v) is 7.44. The molecule has 0 spiro atoms. The van der Waals surface area contributed by atoms with E-state index in [0.29, 0.717) is 0 Å². The molecule has 28 heavy (non-hydrogen) atoms. The van der Waals surface area contributed by atoms with Crippen molar-refractivity contribution >= 4 is 16.8 Å². The summed E-state index contributed by atoms with van der Waals surface area (Å²) in [5.74, 6) is 0.967. The van der Waals surface area contributed by atoms with Crippen LogP contribution >= 0.6 is 0 Å². The SMILES string of the molecule is Cc1c2c(c3ccccc3c1C)OC(c1ccccc1)(c1ccccc1)C=C2. The zero-order chi connectivity index (χ0) is 19.1. The summed E-state index contributed by atoms with van der Waals surface area (Å²) < 4.78 is 6.95. The van der Waals surface area contributed by atoms with Gasteiger partial charge in [0.2, 0.25) is 0 Å². The normalized spacial score (nSPS) is 14.5. The number of benzene rings is 4. The molecule has 1 aliphatic rings. The smallest absolute Gasteiger partial charge is 0.178 e. The van der Waals surface area contributed by atoms with Gasteiger partial charge in [0.1, 0.15) is 5.75 Å². The molecule has 1 heteroatoms. The second kappa shape index (κ2) is 6.38. The minimum absolute atomic E-state index is 0.639. The number of ether oxygens (including phenoxy) is 1. The largest absolute Gasteiger partial charge is 0.472 e. The van der Waals surface area contributed by atoms with Crippen molar-refractivity contribution in [3.8, 4) is 5.75 Å². The van der Waals surface area contributed by atoms with Gasteiger partial charge in [0, 0.05) is 22.1 Å². The lowest BCUT2D eigenvalue weighted by atomic mass is 9.82. The molecule has 0 aliphatic carbocycles. The van der Waals surface area contributed by atoms with E-state index in [1.165, 1.54) is 27.5 Å². The third-order valence-corrected chi connectivity index (χ3v) is 5.94. The van der Waals surface area contributed by atoms with Crippen molar-refractivity contribution in [2.45, 2.75) is 19.4 Å². The molecule has 0 fully saturated rings. The Kier molecular flexibility index (Phi) is 3.84. The summed E-state index contributed by atoms with van der Waals surface area (Å²) in [5.41, 5.74) is 5.39. The highest BCUT2D eigenvalue weighted by atomic mass is 16.5. The summed E-state index contributed by atoms with van der Waals surface area (Å²) in [5, 5.41) is 2.42. The van der Waals surface area contributed by atoms with Gasteiger partial charge < -0.3 is 4.74 Å². The molecule has 1 aliphatic heterocycles. The van der Waals surface area contributed by atoms with E-state index >= 15 is 0 Å². The fourth-order valence-electron chi connectivity index (χ4n) is 4.28. The van der Waals surface area contributed by atoms with Crippen LogP contribution in [0.4, 0.5) is 0 Å². The third-order valence-electron chi connectivity index (χ3n) is 5.94. The molecule has 0 atom stereocenters. The summed E-state index contributed by atoms with van der Waals surface area (Å²) in [4.78, 5) is 0. The van der Waals surface area contributed by atoms with Crippen molar-refractivity contribution < 1.29 is 4.74 Å². The Morgan fingerprint density at radius 3 is 1.75 bits per heavy atom. The Morgan fingerprint density at radius 1 is 0.607 bits per heavy atom. The molecule has 0 saturated carbocycles. The van der Waals surface area contributed by atoms with Gasteiger partial charge in [-0.2, -0.15) is 0 Å². The predicted octanol–water partition coefficient (Wildman–Crippen LogP) is 6.81. The summed E-state index contributed by atoms with van der Waals surface area (Å²) in [6, 6.07) is 29.5. The highest BCUT2D eigenvalue weighted by Gasteiger charge is 2.38. The van der Waals surface area contributed by atoms with Crippen molar-refractivity contribution in [1.82, 2.24) is 0 Å². The summed E-state index contributed by atoms with van der Waals surface area (Å²) in [7, 11) is 0. The first kappa shape index (κ1) is 16.8. The van der Waals surface area contributed by atoms with Gasteiger partial charge in [0.25, 0.3) is 0 Å². The maximum atomic E-state index is 6.95. The zero-order valence-electron chi connectivity index (χ0n) is 16.1. The van der Waals surface area contributed by atoms with E-state index in [1.54, 1.807) is 0 Å². The van der Waals surface area contributed by atoms with Crippen LogP contribution in [-0.4, -0.2) is 0 Å². The van der Waals surface area contributed by atoms with Crippen molar-refractivity contribution in [2.24, 2.45) is 0 Å². The van der Waals surface area contributed by atoms with Crippen molar-refractivity contribution in [3.63, 3.8) is 0 Å². The van der Waals surface area contributed by atoms with Crippen molar-refractivity contribution in [3.05, 3.63) is 119 Å². The number of hydrogen-bond donors (Lipinski definition) is 0. The van der Waals surface area contributed by atoms with E-state index in [1.807, 2.05) is 12.1 Å². The van der Waals surface area contributed by atoms with Crippen molar-refractivity contribution in [2.75, 3.05) is 0 Å². The van der Waals surface area contributed by atoms with Crippen LogP contribution in [0.15, 0.2) is 91.0 Å². The van der Waals surface area contributed by atoms with Crippen LogP contribution in [0.5, 0.6) is 5.75 Å². The first-order valence-electron chi connectivity index (χ1n) is 9.72. The minimum Gasteiger partial charge on any atom is -0.472 e. The summed E-state index contributed by atoms with van der Waals surface area (Å²) in [6.45, 7) is 4.38. The van der Waals surface area contributed by atoms with E-state index < -0.39 is 5.60 Å². The van der Waals surface area contributed by atoms with Crippen LogP contribution in [-0.2, 0) is 5.60 Å². The number of aryl methyl sites for hydroxylation is 1. The van der Waals surface area contributed by atoms with Crippen LogP contribution in [0.25, 0.3) is 16.8 Å². The first-order valence-corrected chi connectivity index (χ1v) is 9.72. The Bertz CT molecular complexity index is 1150. The van der Waals surface area contributed by atoms with Gasteiger partial charge in [-0.15, -0.1) is 0 Å². The Labute approximate surface area is 165 Å². The fraction of sp³-hybridized carbons (Fsp3) is 0.111. The monoisotopic (exact) mass is 362 g/mol. The molecular weight excluding hydrogens is 340 g/mol. The Hall–Kier alpha value is -3.32. The first-order chi connectivity index (χ1) is 13.7. The number of fused-ring (bicyclic) bond motifs is 3. The molecule has 0 N–H and O–H groups in total. The van der Waals surface area contributed by atoms with Crippen LogP contribution in [0, 0.1) is 13.8 Å². The minimum atomic E-state index is -0.639. The van der Waals surface area contributed by atoms with E-state index in [-0.39, 0.29) is 0 Å². The average Bonchev–Trinajstić information content (AvgIpc) is 2.78. The number of hydrogen-bond acceptors (Lipinski definition) is 1. The van der Waals surface area contributed by atoms with Crippen LogP contribution in [0.1, 0.15) is 27.8 Å². The maximum Gasteiger partial charge on any atom is 0.178 e. The van der Waals surface area contributed by atoms with E-state index in [0.717, 1.165) is 16.9 Å². The Balaban J connectivity index is 1.82.